The average molecular weight is 237 g/mol. The highest BCUT2D eigenvalue weighted by atomic mass is 32.1. The van der Waals surface area contributed by atoms with Gasteiger partial charge in [-0.15, -0.1) is 11.3 Å². The maximum atomic E-state index is 13.7. The monoisotopic (exact) mass is 237 g/mol. The number of rotatable bonds is 1. The molecule has 0 saturated heterocycles. The van der Waals surface area contributed by atoms with Gasteiger partial charge in [0, 0.05) is 0 Å². The lowest BCUT2D eigenvalue weighted by Crippen LogP contribution is -2.27. The van der Waals surface area contributed by atoms with Gasteiger partial charge < -0.3 is 5.11 Å². The zero-order valence-corrected chi connectivity index (χ0v) is 9.72. The molecular formula is C12H12FNOS. The first-order valence-electron chi connectivity index (χ1n) is 5.37. The first kappa shape index (κ1) is 10.2. The third-order valence-corrected chi connectivity index (χ3v) is 4.17. The van der Waals surface area contributed by atoms with Gasteiger partial charge in [-0.05, 0) is 42.9 Å². The summed E-state index contributed by atoms with van der Waals surface area (Å²) in [5, 5.41) is 9.35. The molecule has 0 amide bonds. The summed E-state index contributed by atoms with van der Waals surface area (Å²) in [6, 6.07) is 1.56. The van der Waals surface area contributed by atoms with Crippen molar-refractivity contribution in [3.8, 4) is 0 Å². The molecule has 4 heteroatoms. The minimum Gasteiger partial charge on any atom is -0.393 e. The fourth-order valence-electron chi connectivity index (χ4n) is 2.41. The molecule has 16 heavy (non-hydrogen) atoms. The van der Waals surface area contributed by atoms with Crippen LogP contribution in [0.2, 0.25) is 0 Å². The maximum Gasteiger partial charge on any atom is 0.127 e. The van der Waals surface area contributed by atoms with Crippen LogP contribution in [0.3, 0.4) is 0 Å². The Hall–Kier alpha value is -1.00. The number of fused-ring (bicyclic) bond motifs is 1. The van der Waals surface area contributed by atoms with E-state index in [-0.39, 0.29) is 17.8 Å². The van der Waals surface area contributed by atoms with Crippen LogP contribution < -0.4 is 0 Å². The van der Waals surface area contributed by atoms with E-state index < -0.39 is 0 Å². The number of aliphatic hydroxyl groups is 1. The number of hydrogen-bond acceptors (Lipinski definition) is 3. The van der Waals surface area contributed by atoms with Gasteiger partial charge in [0.05, 0.1) is 21.8 Å². The highest BCUT2D eigenvalue weighted by Gasteiger charge is 2.32. The van der Waals surface area contributed by atoms with Crippen LogP contribution in [-0.4, -0.2) is 16.2 Å². The van der Waals surface area contributed by atoms with Crippen LogP contribution in [0.25, 0.3) is 10.2 Å². The molecule has 3 rings (SSSR count). The van der Waals surface area contributed by atoms with E-state index in [1.54, 1.807) is 18.5 Å². The van der Waals surface area contributed by atoms with E-state index in [4.69, 9.17) is 0 Å². The Morgan fingerprint density at radius 2 is 2.25 bits per heavy atom. The van der Waals surface area contributed by atoms with Gasteiger partial charge in [-0.25, -0.2) is 9.37 Å². The normalized spacial score (nSPS) is 24.7. The zero-order valence-electron chi connectivity index (χ0n) is 8.90. The standard InChI is InChI=1S/C12H12FNOS/c1-6-9(13)4-10-12(14-5-16-10)11(6)7-2-8(15)3-7/h4-5,7-8,15H,2-3H2,1H3. The Morgan fingerprint density at radius 1 is 1.50 bits per heavy atom. The number of nitrogens with zero attached hydrogens (tertiary/aromatic N) is 1. The van der Waals surface area contributed by atoms with E-state index in [0.717, 1.165) is 28.6 Å². The summed E-state index contributed by atoms with van der Waals surface area (Å²) in [5.41, 5.74) is 4.36. The number of benzene rings is 1. The van der Waals surface area contributed by atoms with Gasteiger partial charge in [-0.1, -0.05) is 0 Å². The summed E-state index contributed by atoms with van der Waals surface area (Å²) in [6.45, 7) is 1.80. The molecule has 0 atom stereocenters. The quantitative estimate of drug-likeness (QED) is 0.827. The Bertz CT molecular complexity index is 545. The second-order valence-corrected chi connectivity index (χ2v) is 5.30. The van der Waals surface area contributed by atoms with Gasteiger partial charge >= 0.3 is 0 Å². The van der Waals surface area contributed by atoms with Crippen molar-refractivity contribution in [1.29, 1.82) is 0 Å². The highest BCUT2D eigenvalue weighted by molar-refractivity contribution is 7.16. The molecule has 84 valence electrons. The van der Waals surface area contributed by atoms with Crippen LogP contribution in [0.5, 0.6) is 0 Å². The van der Waals surface area contributed by atoms with E-state index in [0.29, 0.717) is 5.56 Å². The molecule has 2 aromatic rings. The number of aliphatic hydroxyl groups excluding tert-OH is 1. The lowest BCUT2D eigenvalue weighted by atomic mass is 9.75. The Balaban J connectivity index is 2.20. The molecule has 1 aromatic heterocycles. The van der Waals surface area contributed by atoms with Gasteiger partial charge in [0.2, 0.25) is 0 Å². The van der Waals surface area contributed by atoms with Gasteiger partial charge in [0.1, 0.15) is 5.82 Å². The Labute approximate surface area is 96.8 Å². The minimum absolute atomic E-state index is 0.159. The van der Waals surface area contributed by atoms with Crippen LogP contribution in [0.1, 0.15) is 29.9 Å². The van der Waals surface area contributed by atoms with E-state index in [1.165, 1.54) is 11.3 Å². The SMILES string of the molecule is Cc1c(F)cc2scnc2c1C1CC(O)C1. The molecule has 0 unspecified atom stereocenters. The van der Waals surface area contributed by atoms with Crippen molar-refractivity contribution in [2.45, 2.75) is 31.8 Å². The molecule has 1 heterocycles. The van der Waals surface area contributed by atoms with E-state index >= 15 is 0 Å². The average Bonchev–Trinajstić information content (AvgIpc) is 2.63. The number of thiazole rings is 1. The lowest BCUT2D eigenvalue weighted by Gasteiger charge is -2.33. The fraction of sp³-hybridized carbons (Fsp3) is 0.417. The largest absolute Gasteiger partial charge is 0.393 e. The van der Waals surface area contributed by atoms with Crippen LogP contribution >= 0.6 is 11.3 Å². The Kier molecular flexibility index (Phi) is 2.23. The molecule has 1 fully saturated rings. The Morgan fingerprint density at radius 3 is 2.94 bits per heavy atom. The minimum atomic E-state index is -0.221. The number of hydrogen-bond donors (Lipinski definition) is 1. The van der Waals surface area contributed by atoms with Crippen molar-refractivity contribution in [1.82, 2.24) is 4.98 Å². The van der Waals surface area contributed by atoms with Crippen molar-refractivity contribution in [2.24, 2.45) is 0 Å². The third kappa shape index (κ3) is 1.37. The van der Waals surface area contributed by atoms with Gasteiger partial charge in [0.15, 0.2) is 0 Å². The van der Waals surface area contributed by atoms with Gasteiger partial charge in [-0.3, -0.25) is 0 Å². The van der Waals surface area contributed by atoms with Crippen molar-refractivity contribution < 1.29 is 9.50 Å². The van der Waals surface area contributed by atoms with E-state index in [2.05, 4.69) is 4.98 Å². The van der Waals surface area contributed by atoms with E-state index in [1.807, 2.05) is 0 Å². The van der Waals surface area contributed by atoms with Gasteiger partial charge in [-0.2, -0.15) is 0 Å². The van der Waals surface area contributed by atoms with Crippen LogP contribution in [0.4, 0.5) is 4.39 Å². The number of aromatic nitrogens is 1. The first-order valence-corrected chi connectivity index (χ1v) is 6.25. The van der Waals surface area contributed by atoms with Crippen molar-refractivity contribution in [2.75, 3.05) is 0 Å². The summed E-state index contributed by atoms with van der Waals surface area (Å²) >= 11 is 1.46. The fourth-order valence-corrected chi connectivity index (χ4v) is 3.13. The molecule has 0 radical (unpaired) electrons. The summed E-state index contributed by atoms with van der Waals surface area (Å²) in [7, 11) is 0. The lowest BCUT2D eigenvalue weighted by molar-refractivity contribution is 0.0747. The topological polar surface area (TPSA) is 33.1 Å². The molecule has 2 nitrogen and oxygen atoms in total. The summed E-state index contributed by atoms with van der Waals surface area (Å²) in [5.74, 6) is 0.114. The van der Waals surface area contributed by atoms with Crippen LogP contribution in [0.15, 0.2) is 11.6 Å². The highest BCUT2D eigenvalue weighted by Crippen LogP contribution is 2.42. The molecular weight excluding hydrogens is 225 g/mol. The molecule has 1 aliphatic carbocycles. The zero-order chi connectivity index (χ0) is 11.3. The molecule has 1 aromatic carbocycles. The molecule has 1 aliphatic rings. The van der Waals surface area contributed by atoms with Gasteiger partial charge in [0.25, 0.3) is 0 Å². The molecule has 1 N–H and O–H groups in total. The maximum absolute atomic E-state index is 13.7. The first-order chi connectivity index (χ1) is 7.66. The van der Waals surface area contributed by atoms with Crippen molar-refractivity contribution in [3.63, 3.8) is 0 Å². The smallest absolute Gasteiger partial charge is 0.127 e. The third-order valence-electron chi connectivity index (χ3n) is 3.39. The molecule has 0 bridgehead atoms. The molecule has 0 spiro atoms. The molecule has 1 saturated carbocycles. The van der Waals surface area contributed by atoms with Crippen molar-refractivity contribution >= 4 is 21.6 Å². The summed E-state index contributed by atoms with van der Waals surface area (Å²) in [4.78, 5) is 4.32. The predicted molar refractivity (Wildman–Crippen MR) is 62.3 cm³/mol. The summed E-state index contributed by atoms with van der Waals surface area (Å²) in [6.07, 6.45) is 1.25. The van der Waals surface area contributed by atoms with Crippen LogP contribution in [0, 0.1) is 12.7 Å². The van der Waals surface area contributed by atoms with E-state index in [9.17, 15) is 9.50 Å². The number of halogens is 1. The predicted octanol–water partition coefficient (Wildman–Crippen LogP) is 2.98. The molecule has 0 aliphatic heterocycles. The second-order valence-electron chi connectivity index (χ2n) is 4.42. The van der Waals surface area contributed by atoms with Crippen molar-refractivity contribution in [3.05, 3.63) is 28.5 Å². The summed E-state index contributed by atoms with van der Waals surface area (Å²) < 4.78 is 14.6. The van der Waals surface area contributed by atoms with Crippen LogP contribution in [-0.2, 0) is 0 Å². The second kappa shape index (κ2) is 3.50.